The first-order chi connectivity index (χ1) is 14.8. The highest BCUT2D eigenvalue weighted by Gasteiger charge is 2.21. The van der Waals surface area contributed by atoms with Gasteiger partial charge in [0, 0.05) is 30.8 Å². The van der Waals surface area contributed by atoms with E-state index in [1.807, 2.05) is 41.8 Å². The number of para-hydroxylation sites is 2. The van der Waals surface area contributed by atoms with Gasteiger partial charge in [-0.25, -0.2) is 4.98 Å². The number of thiophene rings is 1. The normalized spacial score (nSPS) is 14.5. The number of carbonyl (C=O) groups is 1. The number of hydrogen-bond donors (Lipinski definition) is 1. The molecule has 1 aliphatic rings. The van der Waals surface area contributed by atoms with Crippen LogP contribution >= 0.6 is 11.3 Å². The van der Waals surface area contributed by atoms with E-state index in [0.29, 0.717) is 19.4 Å². The number of piperidine rings is 1. The van der Waals surface area contributed by atoms with Gasteiger partial charge in [0.1, 0.15) is 5.82 Å². The number of aryl methyl sites for hydroxylation is 1. The van der Waals surface area contributed by atoms with Crippen molar-refractivity contribution in [2.45, 2.75) is 38.6 Å². The molecule has 0 aliphatic carbocycles. The predicted octanol–water partition coefficient (Wildman–Crippen LogP) is 3.58. The number of fused-ring (bicyclic) bond motifs is 3. The van der Waals surface area contributed by atoms with Crippen molar-refractivity contribution in [1.29, 1.82) is 0 Å². The van der Waals surface area contributed by atoms with Crippen molar-refractivity contribution in [2.75, 3.05) is 18.0 Å². The van der Waals surface area contributed by atoms with Crippen LogP contribution < -0.4 is 10.2 Å². The van der Waals surface area contributed by atoms with Gasteiger partial charge in [0.05, 0.1) is 17.6 Å². The predicted molar refractivity (Wildman–Crippen MR) is 119 cm³/mol. The van der Waals surface area contributed by atoms with Crippen molar-refractivity contribution >= 4 is 39.7 Å². The van der Waals surface area contributed by atoms with Gasteiger partial charge in [0.25, 0.3) is 0 Å². The standard InChI is InChI=1S/C22H24N6OS/c29-20(23-15-16-7-6-14-30-16)11-10-19-25-26-22-21(27-12-4-1-5-13-27)24-17-8-2-3-9-18(17)28(19)22/h2-3,6-9,14H,1,4-5,10-13,15H2,(H,23,29). The van der Waals surface area contributed by atoms with Crippen LogP contribution in [-0.4, -0.2) is 38.6 Å². The number of hydrogen-bond acceptors (Lipinski definition) is 6. The molecule has 154 valence electrons. The Morgan fingerprint density at radius 3 is 2.77 bits per heavy atom. The van der Waals surface area contributed by atoms with E-state index in [0.717, 1.165) is 46.3 Å². The lowest BCUT2D eigenvalue weighted by Gasteiger charge is -2.28. The molecule has 8 heteroatoms. The van der Waals surface area contributed by atoms with Crippen molar-refractivity contribution in [2.24, 2.45) is 0 Å². The molecular weight excluding hydrogens is 396 g/mol. The van der Waals surface area contributed by atoms with Gasteiger partial charge in [-0.1, -0.05) is 18.2 Å². The Hall–Kier alpha value is -3.00. The minimum absolute atomic E-state index is 0.0229. The molecule has 1 N–H and O–H groups in total. The Kier molecular flexibility index (Phi) is 5.31. The summed E-state index contributed by atoms with van der Waals surface area (Å²) in [4.78, 5) is 20.8. The van der Waals surface area contributed by atoms with Crippen LogP contribution in [0.3, 0.4) is 0 Å². The summed E-state index contributed by atoms with van der Waals surface area (Å²) in [6.07, 6.45) is 4.52. The maximum absolute atomic E-state index is 12.4. The zero-order valence-electron chi connectivity index (χ0n) is 16.8. The van der Waals surface area contributed by atoms with E-state index in [1.54, 1.807) is 11.3 Å². The minimum Gasteiger partial charge on any atom is -0.353 e. The van der Waals surface area contributed by atoms with Crippen molar-refractivity contribution in [3.63, 3.8) is 0 Å². The zero-order chi connectivity index (χ0) is 20.3. The van der Waals surface area contributed by atoms with Crippen molar-refractivity contribution in [3.8, 4) is 0 Å². The highest BCUT2D eigenvalue weighted by Crippen LogP contribution is 2.27. The number of rotatable bonds is 6. The molecular formula is C22H24N6OS. The lowest BCUT2D eigenvalue weighted by molar-refractivity contribution is -0.121. The summed E-state index contributed by atoms with van der Waals surface area (Å²) < 4.78 is 2.08. The summed E-state index contributed by atoms with van der Waals surface area (Å²) in [5.41, 5.74) is 2.69. The molecule has 1 amide bonds. The van der Waals surface area contributed by atoms with Crippen molar-refractivity contribution < 1.29 is 4.79 Å². The average Bonchev–Trinajstić information content (AvgIpc) is 3.46. The maximum atomic E-state index is 12.4. The van der Waals surface area contributed by atoms with E-state index >= 15 is 0 Å². The first-order valence-corrected chi connectivity index (χ1v) is 11.3. The van der Waals surface area contributed by atoms with Gasteiger partial charge in [-0.2, -0.15) is 0 Å². The molecule has 0 spiro atoms. The molecule has 3 aromatic heterocycles. The summed E-state index contributed by atoms with van der Waals surface area (Å²) in [7, 11) is 0. The smallest absolute Gasteiger partial charge is 0.220 e. The molecule has 1 fully saturated rings. The average molecular weight is 421 g/mol. The highest BCUT2D eigenvalue weighted by atomic mass is 32.1. The third-order valence-corrected chi connectivity index (χ3v) is 6.43. The van der Waals surface area contributed by atoms with Crippen LogP contribution in [0.4, 0.5) is 5.82 Å². The second kappa shape index (κ2) is 8.39. The van der Waals surface area contributed by atoms with Crippen molar-refractivity contribution in [1.82, 2.24) is 24.9 Å². The molecule has 30 heavy (non-hydrogen) atoms. The Labute approximate surface area is 178 Å². The molecule has 0 saturated carbocycles. The molecule has 0 unspecified atom stereocenters. The number of aromatic nitrogens is 4. The second-order valence-electron chi connectivity index (χ2n) is 7.60. The molecule has 1 saturated heterocycles. The second-order valence-corrected chi connectivity index (χ2v) is 8.64. The lowest BCUT2D eigenvalue weighted by atomic mass is 10.1. The highest BCUT2D eigenvalue weighted by molar-refractivity contribution is 7.09. The SMILES string of the molecule is O=C(CCc1nnc2c(N3CCCCC3)nc3ccccc3n12)NCc1cccs1. The topological polar surface area (TPSA) is 75.4 Å². The monoisotopic (exact) mass is 420 g/mol. The van der Waals surface area contributed by atoms with Crippen LogP contribution in [0.2, 0.25) is 0 Å². The largest absolute Gasteiger partial charge is 0.353 e. The van der Waals surface area contributed by atoms with Crippen LogP contribution in [0.25, 0.3) is 16.7 Å². The summed E-state index contributed by atoms with van der Waals surface area (Å²) in [6.45, 7) is 2.56. The molecule has 7 nitrogen and oxygen atoms in total. The Bertz CT molecular complexity index is 1160. The molecule has 0 bridgehead atoms. The van der Waals surface area contributed by atoms with E-state index in [4.69, 9.17) is 4.98 Å². The first kappa shape index (κ1) is 19.0. The molecule has 1 aliphatic heterocycles. The van der Waals surface area contributed by atoms with E-state index < -0.39 is 0 Å². The van der Waals surface area contributed by atoms with Crippen LogP contribution in [-0.2, 0) is 17.8 Å². The summed E-state index contributed by atoms with van der Waals surface area (Å²) >= 11 is 1.65. The van der Waals surface area contributed by atoms with Crippen molar-refractivity contribution in [3.05, 3.63) is 52.5 Å². The van der Waals surface area contributed by atoms with Crippen LogP contribution in [0.5, 0.6) is 0 Å². The van der Waals surface area contributed by atoms with Gasteiger partial charge < -0.3 is 10.2 Å². The van der Waals surface area contributed by atoms with E-state index in [1.165, 1.54) is 19.3 Å². The number of carbonyl (C=O) groups excluding carboxylic acids is 1. The molecule has 0 radical (unpaired) electrons. The third-order valence-electron chi connectivity index (χ3n) is 5.55. The molecule has 1 aromatic carbocycles. The van der Waals surface area contributed by atoms with Gasteiger partial charge in [0.15, 0.2) is 5.82 Å². The maximum Gasteiger partial charge on any atom is 0.220 e. The fourth-order valence-corrected chi connectivity index (χ4v) is 4.66. The number of nitrogens with one attached hydrogen (secondary N) is 1. The summed E-state index contributed by atoms with van der Waals surface area (Å²) in [5.74, 6) is 1.72. The van der Waals surface area contributed by atoms with E-state index in [9.17, 15) is 4.79 Å². The number of benzene rings is 1. The lowest BCUT2D eigenvalue weighted by Crippen LogP contribution is -2.30. The fourth-order valence-electron chi connectivity index (χ4n) is 4.02. The van der Waals surface area contributed by atoms with Gasteiger partial charge in [0.2, 0.25) is 11.6 Å². The zero-order valence-corrected chi connectivity index (χ0v) is 17.6. The van der Waals surface area contributed by atoms with Gasteiger partial charge >= 0.3 is 0 Å². The van der Waals surface area contributed by atoms with Crippen LogP contribution in [0.1, 0.15) is 36.4 Å². The molecule has 4 heterocycles. The van der Waals surface area contributed by atoms with Gasteiger partial charge in [-0.05, 0) is 42.8 Å². The number of nitrogens with zero attached hydrogens (tertiary/aromatic N) is 5. The first-order valence-electron chi connectivity index (χ1n) is 10.5. The van der Waals surface area contributed by atoms with Gasteiger partial charge in [-0.3, -0.25) is 9.20 Å². The molecule has 4 aromatic rings. The fraction of sp³-hybridized carbons (Fsp3) is 0.364. The molecule has 0 atom stereocenters. The Morgan fingerprint density at radius 2 is 1.93 bits per heavy atom. The summed E-state index contributed by atoms with van der Waals surface area (Å²) in [5, 5.41) is 13.9. The van der Waals surface area contributed by atoms with E-state index in [-0.39, 0.29) is 5.91 Å². The van der Waals surface area contributed by atoms with E-state index in [2.05, 4.69) is 24.8 Å². The third kappa shape index (κ3) is 3.75. The molecule has 5 rings (SSSR count). The number of anilines is 1. The summed E-state index contributed by atoms with van der Waals surface area (Å²) in [6, 6.07) is 12.1. The Morgan fingerprint density at radius 1 is 1.07 bits per heavy atom. The van der Waals surface area contributed by atoms with Gasteiger partial charge in [-0.15, -0.1) is 21.5 Å². The minimum atomic E-state index is 0.0229. The number of amides is 1. The van der Waals surface area contributed by atoms with Crippen LogP contribution in [0.15, 0.2) is 41.8 Å². The van der Waals surface area contributed by atoms with Crippen LogP contribution in [0, 0.1) is 0 Å². The quantitative estimate of drug-likeness (QED) is 0.516. The Balaban J connectivity index is 1.42.